The molecule has 0 heterocycles. The Bertz CT molecular complexity index is 414. The van der Waals surface area contributed by atoms with E-state index in [1.807, 2.05) is 24.3 Å². The summed E-state index contributed by atoms with van der Waals surface area (Å²) in [5.41, 5.74) is 6.38. The first-order valence-corrected chi connectivity index (χ1v) is 6.40. The largest absolute Gasteiger partial charge is 0.497 e. The van der Waals surface area contributed by atoms with E-state index in [0.29, 0.717) is 5.92 Å². The summed E-state index contributed by atoms with van der Waals surface area (Å²) in [6.07, 6.45) is 4.53. The van der Waals surface area contributed by atoms with Crippen LogP contribution < -0.4 is 15.8 Å². The fraction of sp³-hybridized carbons (Fsp3) is 0.500. The molecule has 0 saturated heterocycles. The predicted molar refractivity (Wildman–Crippen MR) is 71.6 cm³/mol. The van der Waals surface area contributed by atoms with E-state index in [-0.39, 0.29) is 11.9 Å². The lowest BCUT2D eigenvalue weighted by Crippen LogP contribution is -2.40. The van der Waals surface area contributed by atoms with E-state index < -0.39 is 0 Å². The molecule has 4 nitrogen and oxygen atoms in total. The molecule has 1 unspecified atom stereocenters. The molecule has 0 aliphatic heterocycles. The molecular weight excluding hydrogens is 228 g/mol. The second kappa shape index (κ2) is 5.76. The average molecular weight is 248 g/mol. The summed E-state index contributed by atoms with van der Waals surface area (Å²) in [7, 11) is 1.63. The Morgan fingerprint density at radius 3 is 2.78 bits per heavy atom. The van der Waals surface area contributed by atoms with E-state index in [9.17, 15) is 4.79 Å². The van der Waals surface area contributed by atoms with E-state index in [1.165, 1.54) is 12.8 Å². The van der Waals surface area contributed by atoms with Gasteiger partial charge in [0.1, 0.15) is 11.8 Å². The van der Waals surface area contributed by atoms with Crippen molar-refractivity contribution in [2.75, 3.05) is 12.4 Å². The Balaban J connectivity index is 2.10. The van der Waals surface area contributed by atoms with Gasteiger partial charge in [-0.2, -0.15) is 0 Å². The normalized spacial score (nSPS) is 17.4. The van der Waals surface area contributed by atoms with Crippen molar-refractivity contribution in [1.29, 1.82) is 0 Å². The van der Waals surface area contributed by atoms with Crippen LogP contribution in [0.2, 0.25) is 0 Å². The zero-order valence-electron chi connectivity index (χ0n) is 10.7. The van der Waals surface area contributed by atoms with Crippen LogP contribution in [-0.2, 0) is 4.79 Å². The van der Waals surface area contributed by atoms with Crippen molar-refractivity contribution in [2.45, 2.75) is 31.7 Å². The van der Waals surface area contributed by atoms with Crippen molar-refractivity contribution in [3.8, 4) is 5.75 Å². The van der Waals surface area contributed by atoms with Gasteiger partial charge in [0.05, 0.1) is 7.11 Å². The number of ether oxygens (including phenoxy) is 1. The molecule has 4 heteroatoms. The van der Waals surface area contributed by atoms with Crippen molar-refractivity contribution < 1.29 is 9.53 Å². The number of rotatable bonds is 5. The Morgan fingerprint density at radius 1 is 1.44 bits per heavy atom. The SMILES string of the molecule is COc1cccc(NC(C(N)=O)C2CCCC2)c1. The predicted octanol–water partition coefficient (Wildman–Crippen LogP) is 2.15. The highest BCUT2D eigenvalue weighted by Gasteiger charge is 2.28. The van der Waals surface area contributed by atoms with Crippen molar-refractivity contribution in [3.05, 3.63) is 24.3 Å². The summed E-state index contributed by atoms with van der Waals surface area (Å²) in [6, 6.07) is 7.30. The highest BCUT2D eigenvalue weighted by Crippen LogP contribution is 2.30. The standard InChI is InChI=1S/C14H20N2O2/c1-18-12-8-4-7-11(9-12)16-13(14(15)17)10-5-2-3-6-10/h4,7-10,13,16H,2-3,5-6H2,1H3,(H2,15,17). The summed E-state index contributed by atoms with van der Waals surface area (Å²) < 4.78 is 5.17. The first-order valence-electron chi connectivity index (χ1n) is 6.40. The van der Waals surface area contributed by atoms with Crippen LogP contribution in [0.15, 0.2) is 24.3 Å². The number of nitrogens with one attached hydrogen (secondary N) is 1. The van der Waals surface area contributed by atoms with Gasteiger partial charge in [0.2, 0.25) is 5.91 Å². The number of methoxy groups -OCH3 is 1. The number of nitrogens with two attached hydrogens (primary N) is 1. The van der Waals surface area contributed by atoms with Gasteiger partial charge in [-0.05, 0) is 30.9 Å². The van der Waals surface area contributed by atoms with Gasteiger partial charge in [-0.25, -0.2) is 0 Å². The van der Waals surface area contributed by atoms with Crippen molar-refractivity contribution in [1.82, 2.24) is 0 Å². The van der Waals surface area contributed by atoms with Crippen LogP contribution in [0, 0.1) is 5.92 Å². The topological polar surface area (TPSA) is 64.3 Å². The lowest BCUT2D eigenvalue weighted by Gasteiger charge is -2.22. The Kier molecular flexibility index (Phi) is 4.07. The monoisotopic (exact) mass is 248 g/mol. The zero-order chi connectivity index (χ0) is 13.0. The first kappa shape index (κ1) is 12.7. The van der Waals surface area contributed by atoms with E-state index in [0.717, 1.165) is 24.3 Å². The number of hydrogen-bond acceptors (Lipinski definition) is 3. The fourth-order valence-electron chi connectivity index (χ4n) is 2.60. The third-order valence-electron chi connectivity index (χ3n) is 3.57. The molecule has 98 valence electrons. The number of carbonyl (C=O) groups excluding carboxylic acids is 1. The number of anilines is 1. The molecule has 1 aromatic carbocycles. The lowest BCUT2D eigenvalue weighted by atomic mass is 9.97. The molecule has 3 N–H and O–H groups in total. The van der Waals surface area contributed by atoms with Crippen molar-refractivity contribution >= 4 is 11.6 Å². The molecule has 1 amide bonds. The minimum absolute atomic E-state index is 0.273. The van der Waals surface area contributed by atoms with Crippen LogP contribution in [0.4, 0.5) is 5.69 Å². The Hall–Kier alpha value is -1.71. The number of benzene rings is 1. The zero-order valence-corrected chi connectivity index (χ0v) is 10.7. The number of primary amides is 1. The summed E-state index contributed by atoms with van der Waals surface area (Å²) >= 11 is 0. The molecule has 0 spiro atoms. The van der Waals surface area contributed by atoms with Gasteiger partial charge in [-0.1, -0.05) is 18.9 Å². The molecule has 0 aromatic heterocycles. The molecule has 2 rings (SSSR count). The third-order valence-corrected chi connectivity index (χ3v) is 3.57. The van der Waals surface area contributed by atoms with Gasteiger partial charge in [0, 0.05) is 11.8 Å². The van der Waals surface area contributed by atoms with Gasteiger partial charge >= 0.3 is 0 Å². The highest BCUT2D eigenvalue weighted by molar-refractivity contribution is 5.83. The Labute approximate surface area is 108 Å². The minimum atomic E-state index is -0.278. The molecule has 0 bridgehead atoms. The molecule has 0 radical (unpaired) electrons. The summed E-state index contributed by atoms with van der Waals surface area (Å²) in [6.45, 7) is 0. The quantitative estimate of drug-likeness (QED) is 0.839. The number of hydrogen-bond donors (Lipinski definition) is 2. The van der Waals surface area contributed by atoms with Gasteiger partial charge in [0.15, 0.2) is 0 Å². The average Bonchev–Trinajstić information content (AvgIpc) is 2.89. The van der Waals surface area contributed by atoms with Gasteiger partial charge in [-0.15, -0.1) is 0 Å². The van der Waals surface area contributed by atoms with Gasteiger partial charge < -0.3 is 15.8 Å². The summed E-state index contributed by atoms with van der Waals surface area (Å²) in [4.78, 5) is 11.6. The molecule has 1 atom stereocenters. The van der Waals surface area contributed by atoms with E-state index in [4.69, 9.17) is 10.5 Å². The van der Waals surface area contributed by atoms with Gasteiger partial charge in [-0.3, -0.25) is 4.79 Å². The van der Waals surface area contributed by atoms with Crippen LogP contribution in [0.25, 0.3) is 0 Å². The molecular formula is C14H20N2O2. The van der Waals surface area contributed by atoms with Crippen LogP contribution in [0.3, 0.4) is 0 Å². The molecule has 1 aromatic rings. The fourth-order valence-corrected chi connectivity index (χ4v) is 2.60. The van der Waals surface area contributed by atoms with Crippen LogP contribution in [-0.4, -0.2) is 19.1 Å². The minimum Gasteiger partial charge on any atom is -0.497 e. The maximum Gasteiger partial charge on any atom is 0.240 e. The van der Waals surface area contributed by atoms with Crippen molar-refractivity contribution in [2.24, 2.45) is 11.7 Å². The molecule has 1 aliphatic rings. The molecule has 18 heavy (non-hydrogen) atoms. The Morgan fingerprint density at radius 2 is 2.17 bits per heavy atom. The maximum atomic E-state index is 11.6. The van der Waals surface area contributed by atoms with Crippen molar-refractivity contribution in [3.63, 3.8) is 0 Å². The highest BCUT2D eigenvalue weighted by atomic mass is 16.5. The second-order valence-electron chi connectivity index (χ2n) is 4.80. The van der Waals surface area contributed by atoms with E-state index >= 15 is 0 Å². The summed E-state index contributed by atoms with van der Waals surface area (Å²) in [5, 5.41) is 3.24. The van der Waals surface area contributed by atoms with E-state index in [2.05, 4.69) is 5.32 Å². The number of carbonyl (C=O) groups is 1. The van der Waals surface area contributed by atoms with Crippen LogP contribution in [0.1, 0.15) is 25.7 Å². The number of amides is 1. The summed E-state index contributed by atoms with van der Waals surface area (Å²) in [5.74, 6) is 0.855. The smallest absolute Gasteiger partial charge is 0.240 e. The second-order valence-corrected chi connectivity index (χ2v) is 4.80. The van der Waals surface area contributed by atoms with E-state index in [1.54, 1.807) is 7.11 Å². The first-order chi connectivity index (χ1) is 8.70. The van der Waals surface area contributed by atoms with Gasteiger partial charge in [0.25, 0.3) is 0 Å². The van der Waals surface area contributed by atoms with Crippen LogP contribution in [0.5, 0.6) is 5.75 Å². The molecule has 1 fully saturated rings. The van der Waals surface area contributed by atoms with Crippen LogP contribution >= 0.6 is 0 Å². The third kappa shape index (κ3) is 2.94. The molecule has 1 aliphatic carbocycles. The maximum absolute atomic E-state index is 11.6. The lowest BCUT2D eigenvalue weighted by molar-refractivity contribution is -0.119. The molecule has 1 saturated carbocycles.